The van der Waals surface area contributed by atoms with Gasteiger partial charge in [0, 0.05) is 80.3 Å². The van der Waals surface area contributed by atoms with Crippen LogP contribution >= 0.6 is 23.2 Å². The third kappa shape index (κ3) is 8.56. The molecule has 1 aromatic heterocycles. The minimum atomic E-state index is -1.30. The molecule has 3 aromatic carbocycles. The average Bonchev–Trinajstić information content (AvgIpc) is 3.93. The van der Waals surface area contributed by atoms with Gasteiger partial charge >= 0.3 is 5.69 Å². The number of aromatic nitrogens is 2. The molecule has 7 aliphatic rings. The van der Waals surface area contributed by atoms with Crippen molar-refractivity contribution in [2.24, 2.45) is 13.0 Å². The summed E-state index contributed by atoms with van der Waals surface area (Å²) >= 11 is 12.9. The van der Waals surface area contributed by atoms with E-state index in [9.17, 15) is 28.8 Å². The monoisotopic (exact) mass is 1020 g/mol. The minimum absolute atomic E-state index is 0.0681. The molecular formula is C54H63Cl2FN8O7. The largest absolute Gasteiger partial charge is 0.375 e. The first-order valence-electron chi connectivity index (χ1n) is 26.1. The van der Waals surface area contributed by atoms with Gasteiger partial charge in [-0.15, -0.1) is 0 Å². The normalized spacial score (nSPS) is 28.1. The highest BCUT2D eigenvalue weighted by atomic mass is 35.5. The van der Waals surface area contributed by atoms with E-state index in [-0.39, 0.29) is 70.5 Å². The molecule has 6 fully saturated rings. The first-order valence-corrected chi connectivity index (χ1v) is 26.8. The zero-order chi connectivity index (χ0) is 50.1. The molecule has 11 rings (SSSR count). The number of imidazole rings is 1. The minimum Gasteiger partial charge on any atom is -0.375 e. The van der Waals surface area contributed by atoms with Crippen LogP contribution in [-0.4, -0.2) is 104 Å². The number of hydrogen-bond donors (Lipinski definition) is 4. The molecule has 15 nitrogen and oxygen atoms in total. The third-order valence-electron chi connectivity index (χ3n) is 17.5. The molecule has 18 heteroatoms. The van der Waals surface area contributed by atoms with Gasteiger partial charge in [0.1, 0.15) is 17.3 Å². The summed E-state index contributed by atoms with van der Waals surface area (Å²) in [5.41, 5.74) is 1.63. The van der Waals surface area contributed by atoms with Gasteiger partial charge in [0.15, 0.2) is 0 Å². The van der Waals surface area contributed by atoms with Gasteiger partial charge in [-0.25, -0.2) is 9.18 Å². The zero-order valence-corrected chi connectivity index (χ0v) is 42.2. The number of fused-ring (bicyclic) bond motifs is 4. The predicted molar refractivity (Wildman–Crippen MR) is 270 cm³/mol. The number of carbonyl (C=O) groups excluding carboxylic acids is 5. The van der Waals surface area contributed by atoms with Crippen LogP contribution in [0.15, 0.2) is 59.4 Å². The second kappa shape index (κ2) is 19.6. The van der Waals surface area contributed by atoms with Crippen molar-refractivity contribution in [1.82, 2.24) is 34.9 Å². The van der Waals surface area contributed by atoms with Crippen LogP contribution in [0.5, 0.6) is 0 Å². The Kier molecular flexibility index (Phi) is 13.4. The number of piperidine rings is 3. The second-order valence-corrected chi connectivity index (χ2v) is 22.4. The van der Waals surface area contributed by atoms with Crippen molar-refractivity contribution in [3.05, 3.63) is 97.6 Å². The molecule has 4 saturated heterocycles. The van der Waals surface area contributed by atoms with Crippen LogP contribution in [0.1, 0.15) is 125 Å². The number of aryl methyl sites for hydroxylation is 1. The van der Waals surface area contributed by atoms with Crippen LogP contribution in [-0.2, 0) is 47.7 Å². The molecule has 2 saturated carbocycles. The Morgan fingerprint density at radius 3 is 2.26 bits per heavy atom. The van der Waals surface area contributed by atoms with Crippen LogP contribution in [0.3, 0.4) is 0 Å². The van der Waals surface area contributed by atoms with E-state index >= 15 is 4.39 Å². The number of carbonyl (C=O) groups is 5. The van der Waals surface area contributed by atoms with E-state index in [0.717, 1.165) is 75.7 Å². The highest BCUT2D eigenvalue weighted by molar-refractivity contribution is 6.31. The van der Waals surface area contributed by atoms with E-state index in [1.807, 2.05) is 29.2 Å². The molecular weight excluding hydrogens is 963 g/mol. The van der Waals surface area contributed by atoms with Crippen LogP contribution in [0, 0.1) is 11.7 Å². The van der Waals surface area contributed by atoms with Crippen molar-refractivity contribution in [2.75, 3.05) is 31.5 Å². The van der Waals surface area contributed by atoms with Gasteiger partial charge in [0.2, 0.25) is 29.5 Å². The standard InChI is InChI=1S/C54H63Cl2FN8O7/c1-62-43-28-31(8-15-41(43)65(52(62)71)42-16-17-44(66)60-48(42)67)30-63-24-18-35(19-25-63)72-36-20-26-64(27-21-36)50(69)32-9-12-34(13-10-32)58-49(68)47-45(37-6-5-7-39(56)46(37)57)54(53(61-47)22-3-2-4-23-53)38-14-11-33(55)29-40(38)59-51(54)70/h5-8,11,14-15,28-29,32,34-36,42,45,47,61H,2-4,9-10,12-13,16-27,30H2,1H3,(H,58,68)(H,59,70)(H,60,66,67)/t32?,34?,42?,45-,47+,54+/m0/s1. The fraction of sp³-hybridized carbons (Fsp3) is 0.556. The summed E-state index contributed by atoms with van der Waals surface area (Å²) in [6.07, 6.45) is 10.7. The van der Waals surface area contributed by atoms with Crippen LogP contribution in [0.25, 0.3) is 11.0 Å². The second-order valence-electron chi connectivity index (χ2n) is 21.5. The maximum Gasteiger partial charge on any atom is 0.329 e. The fourth-order valence-corrected chi connectivity index (χ4v) is 14.3. The lowest BCUT2D eigenvalue weighted by Crippen LogP contribution is -2.60. The fourth-order valence-electron chi connectivity index (χ4n) is 13.9. The summed E-state index contributed by atoms with van der Waals surface area (Å²) in [6.45, 7) is 3.78. The van der Waals surface area contributed by atoms with Gasteiger partial charge in [-0.3, -0.25) is 48.6 Å². The maximum absolute atomic E-state index is 16.4. The molecule has 4 aromatic rings. The molecule has 2 aliphatic carbocycles. The van der Waals surface area contributed by atoms with Crippen LogP contribution in [0.2, 0.25) is 10.0 Å². The molecule has 0 radical (unpaired) electrons. The number of anilines is 1. The Morgan fingerprint density at radius 1 is 0.819 bits per heavy atom. The Morgan fingerprint density at radius 2 is 1.54 bits per heavy atom. The Balaban J connectivity index is 0.671. The van der Waals surface area contributed by atoms with E-state index in [4.69, 9.17) is 27.9 Å². The first-order chi connectivity index (χ1) is 34.7. The number of nitrogens with zero attached hydrogens (tertiary/aromatic N) is 4. The lowest BCUT2D eigenvalue weighted by molar-refractivity contribution is -0.141. The molecule has 0 bridgehead atoms. The quantitative estimate of drug-likeness (QED) is 0.132. The number of halogens is 3. The summed E-state index contributed by atoms with van der Waals surface area (Å²) in [6, 6.07) is 14.3. The summed E-state index contributed by atoms with van der Waals surface area (Å²) in [5.74, 6) is -2.82. The molecule has 4 atom stereocenters. The van der Waals surface area contributed by atoms with Gasteiger partial charge < -0.3 is 20.3 Å². The van der Waals surface area contributed by atoms with Gasteiger partial charge in [-0.2, -0.15) is 0 Å². The molecule has 1 unspecified atom stereocenters. The van der Waals surface area contributed by atoms with Crippen molar-refractivity contribution >= 4 is 69.5 Å². The number of likely N-dealkylation sites (tertiary alicyclic amines) is 2. The number of ether oxygens (including phenoxy) is 1. The van der Waals surface area contributed by atoms with Crippen molar-refractivity contribution in [3.8, 4) is 0 Å². The number of amides is 5. The van der Waals surface area contributed by atoms with Crippen molar-refractivity contribution in [1.29, 1.82) is 0 Å². The number of nitrogens with one attached hydrogen (secondary N) is 4. The van der Waals surface area contributed by atoms with E-state index in [1.165, 1.54) is 10.6 Å². The van der Waals surface area contributed by atoms with Gasteiger partial charge in [-0.05, 0) is 118 Å². The van der Waals surface area contributed by atoms with Crippen LogP contribution in [0.4, 0.5) is 10.1 Å². The lowest BCUT2D eigenvalue weighted by atomic mass is 9.55. The third-order valence-corrected chi connectivity index (χ3v) is 18.0. The van der Waals surface area contributed by atoms with Gasteiger partial charge in [0.05, 0.1) is 34.3 Å². The summed E-state index contributed by atoms with van der Waals surface area (Å²) in [7, 11) is 1.71. The van der Waals surface area contributed by atoms with Crippen molar-refractivity contribution < 1.29 is 33.1 Å². The smallest absolute Gasteiger partial charge is 0.329 e. The van der Waals surface area contributed by atoms with E-state index in [0.29, 0.717) is 79.8 Å². The lowest BCUT2D eigenvalue weighted by Gasteiger charge is -2.47. The SMILES string of the molecule is Cn1c(=O)n(C2CCC(=O)NC2=O)c2ccc(CN3CCC(OC4CCN(C(=O)C5CCC(NC(=O)[C@@H]6NC7(CCCCC7)[C@@]7(C(=O)Nc8cc(Cl)ccc87)[C@H]6c6cccc(Cl)c6F)CC5)CC4)CC3)cc21. The predicted octanol–water partition coefficient (Wildman–Crippen LogP) is 6.76. The topological polar surface area (TPSA) is 176 Å². The summed E-state index contributed by atoms with van der Waals surface area (Å²) < 4.78 is 26.1. The van der Waals surface area contributed by atoms with Crippen molar-refractivity contribution in [3.63, 3.8) is 0 Å². The summed E-state index contributed by atoms with van der Waals surface area (Å²) in [5, 5.41) is 12.9. The van der Waals surface area contributed by atoms with E-state index in [1.54, 1.807) is 35.9 Å². The number of benzene rings is 3. The molecule has 5 aliphatic heterocycles. The molecule has 4 N–H and O–H groups in total. The summed E-state index contributed by atoms with van der Waals surface area (Å²) in [4.78, 5) is 85.5. The molecule has 2 spiro atoms. The molecule has 5 amide bonds. The van der Waals surface area contributed by atoms with Crippen molar-refractivity contribution in [2.45, 2.75) is 150 Å². The van der Waals surface area contributed by atoms with E-state index in [2.05, 4.69) is 26.2 Å². The zero-order valence-electron chi connectivity index (χ0n) is 40.7. The number of rotatable bonds is 9. The highest BCUT2D eigenvalue weighted by Gasteiger charge is 2.72. The van der Waals surface area contributed by atoms with Gasteiger partial charge in [0.25, 0.3) is 0 Å². The Bertz CT molecular complexity index is 2880. The first kappa shape index (κ1) is 49.1. The number of hydrogen-bond acceptors (Lipinski definition) is 9. The highest BCUT2D eigenvalue weighted by Crippen LogP contribution is 2.63. The van der Waals surface area contributed by atoms with Gasteiger partial charge in [-0.1, -0.05) is 66.7 Å². The Labute approximate surface area is 427 Å². The molecule has 6 heterocycles. The van der Waals surface area contributed by atoms with Crippen LogP contribution < -0.4 is 27.0 Å². The number of imide groups is 1. The Hall–Kier alpha value is -5.13. The molecule has 382 valence electrons. The average molecular weight is 1030 g/mol. The molecule has 72 heavy (non-hydrogen) atoms. The van der Waals surface area contributed by atoms with E-state index < -0.39 is 40.7 Å². The maximum atomic E-state index is 16.4.